The fourth-order valence-electron chi connectivity index (χ4n) is 13.2. The smallest absolute Gasteiger partial charge is 0.462 e. The largest absolute Gasteiger partial charge is 0.472 e. The highest BCUT2D eigenvalue weighted by molar-refractivity contribution is 7.47. The molecule has 612 valence electrons. The Balaban J connectivity index is 5.15. The maximum Gasteiger partial charge on any atom is 0.472 e. The van der Waals surface area contributed by atoms with Crippen molar-refractivity contribution in [2.24, 2.45) is 0 Å². The molecule has 0 aromatic heterocycles. The number of hydrogen-bond donors (Lipinski definition) is 3. The van der Waals surface area contributed by atoms with Gasteiger partial charge < -0.3 is 33.8 Å². The number of ether oxygens (including phenoxy) is 4. The van der Waals surface area contributed by atoms with Crippen LogP contribution in [0.5, 0.6) is 0 Å². The standard InChI is InChI=1S/C84H164O17P2/c1-5-9-13-17-21-25-28-31-33-35-37-39-41-43-45-47-49-52-55-59-63-67-71-84(89)101-80(75-95-82(87)69-65-61-57-53-51-48-46-44-42-40-38-36-34-32-29-26-22-18-14-10-6-2)77-99-103(92,93)97-73-78(85)72-96-102(90,91)98-76-79(74-94-81(86)68-64-60-56-24-20-16-12-8-4)100-83(88)70-66-62-58-54-50-30-27-23-19-15-11-7-3/h78-80,85H,5-77H2,1-4H3,(H,90,91)(H,92,93)/t78-,79+,80+/m0/s1. The van der Waals surface area contributed by atoms with E-state index in [1.54, 1.807) is 0 Å². The summed E-state index contributed by atoms with van der Waals surface area (Å²) in [5.41, 5.74) is 0. The third-order valence-electron chi connectivity index (χ3n) is 19.9. The predicted molar refractivity (Wildman–Crippen MR) is 423 cm³/mol. The molecule has 17 nitrogen and oxygen atoms in total. The molecular formula is C84H164O17P2. The molecule has 0 radical (unpaired) electrons. The summed E-state index contributed by atoms with van der Waals surface area (Å²) < 4.78 is 68.7. The molecule has 0 saturated heterocycles. The Labute approximate surface area is 632 Å². The van der Waals surface area contributed by atoms with Crippen LogP contribution < -0.4 is 0 Å². The highest BCUT2D eigenvalue weighted by atomic mass is 31.2. The molecule has 0 aromatic carbocycles. The van der Waals surface area contributed by atoms with Crippen LogP contribution in [0.3, 0.4) is 0 Å². The van der Waals surface area contributed by atoms with Gasteiger partial charge in [-0.25, -0.2) is 9.13 Å². The summed E-state index contributed by atoms with van der Waals surface area (Å²) in [5.74, 6) is -2.11. The molecule has 19 heteroatoms. The van der Waals surface area contributed by atoms with Crippen LogP contribution in [-0.4, -0.2) is 96.7 Å². The summed E-state index contributed by atoms with van der Waals surface area (Å²) in [4.78, 5) is 73.0. The molecule has 2 unspecified atom stereocenters. The zero-order valence-corrected chi connectivity index (χ0v) is 69.1. The summed E-state index contributed by atoms with van der Waals surface area (Å²) in [5, 5.41) is 10.6. The first-order valence-corrected chi connectivity index (χ1v) is 46.8. The van der Waals surface area contributed by atoms with Crippen LogP contribution in [0.1, 0.15) is 458 Å². The van der Waals surface area contributed by atoms with Crippen molar-refractivity contribution in [3.63, 3.8) is 0 Å². The maximum absolute atomic E-state index is 13.1. The van der Waals surface area contributed by atoms with Crippen molar-refractivity contribution in [3.8, 4) is 0 Å². The summed E-state index contributed by atoms with van der Waals surface area (Å²) in [7, 11) is -9.92. The molecular weight excluding hydrogens is 1340 g/mol. The van der Waals surface area contributed by atoms with Crippen molar-refractivity contribution in [1.82, 2.24) is 0 Å². The van der Waals surface area contributed by atoms with E-state index >= 15 is 0 Å². The minimum absolute atomic E-state index is 0.108. The number of esters is 4. The second kappa shape index (κ2) is 78.2. The molecule has 0 saturated carbocycles. The average molecular weight is 1510 g/mol. The normalized spacial score (nSPS) is 13.7. The Kier molecular flexibility index (Phi) is 76.7. The number of aliphatic hydroxyl groups excluding tert-OH is 1. The highest BCUT2D eigenvalue weighted by Crippen LogP contribution is 2.45. The van der Waals surface area contributed by atoms with Gasteiger partial charge in [-0.3, -0.25) is 37.3 Å². The van der Waals surface area contributed by atoms with Gasteiger partial charge in [0, 0.05) is 25.7 Å². The Bertz CT molecular complexity index is 1950. The number of carbonyl (C=O) groups is 4. The second-order valence-corrected chi connectivity index (χ2v) is 33.1. The molecule has 3 N–H and O–H groups in total. The lowest BCUT2D eigenvalue weighted by atomic mass is 10.0. The van der Waals surface area contributed by atoms with Gasteiger partial charge in [0.2, 0.25) is 0 Å². The van der Waals surface area contributed by atoms with Crippen LogP contribution in [0, 0.1) is 0 Å². The van der Waals surface area contributed by atoms with Crippen LogP contribution in [0.15, 0.2) is 0 Å². The molecule has 0 fully saturated rings. The summed E-state index contributed by atoms with van der Waals surface area (Å²) in [6.07, 6.45) is 72.5. The molecule has 0 aromatic rings. The van der Waals surface area contributed by atoms with Crippen molar-refractivity contribution < 1.29 is 80.2 Å². The minimum Gasteiger partial charge on any atom is -0.462 e. The molecule has 0 aliphatic carbocycles. The van der Waals surface area contributed by atoms with Gasteiger partial charge in [-0.05, 0) is 25.7 Å². The van der Waals surface area contributed by atoms with Crippen molar-refractivity contribution in [2.75, 3.05) is 39.6 Å². The molecule has 0 spiro atoms. The fourth-order valence-corrected chi connectivity index (χ4v) is 14.7. The monoisotopic (exact) mass is 1510 g/mol. The highest BCUT2D eigenvalue weighted by Gasteiger charge is 2.30. The van der Waals surface area contributed by atoms with E-state index in [0.717, 1.165) is 89.9 Å². The van der Waals surface area contributed by atoms with E-state index in [1.807, 2.05) is 0 Å². The van der Waals surface area contributed by atoms with Crippen molar-refractivity contribution in [1.29, 1.82) is 0 Å². The lowest BCUT2D eigenvalue weighted by Crippen LogP contribution is -2.30. The molecule has 103 heavy (non-hydrogen) atoms. The van der Waals surface area contributed by atoms with E-state index in [2.05, 4.69) is 27.7 Å². The predicted octanol–water partition coefficient (Wildman–Crippen LogP) is 25.7. The number of rotatable bonds is 85. The number of aliphatic hydroxyl groups is 1. The lowest BCUT2D eigenvalue weighted by Gasteiger charge is -2.21. The Morgan fingerprint density at radius 2 is 0.388 bits per heavy atom. The first kappa shape index (κ1) is 101. The van der Waals surface area contributed by atoms with Crippen LogP contribution >= 0.6 is 15.6 Å². The van der Waals surface area contributed by atoms with Crippen LogP contribution in [0.2, 0.25) is 0 Å². The molecule has 5 atom stereocenters. The molecule has 0 heterocycles. The van der Waals surface area contributed by atoms with Gasteiger partial charge in [0.1, 0.15) is 19.3 Å². The first-order chi connectivity index (χ1) is 50.2. The third kappa shape index (κ3) is 78.0. The number of unbranched alkanes of at least 4 members (excludes halogenated alkanes) is 59. The maximum atomic E-state index is 13.1. The van der Waals surface area contributed by atoms with E-state index in [1.165, 1.54) is 289 Å². The Morgan fingerprint density at radius 1 is 0.233 bits per heavy atom. The van der Waals surface area contributed by atoms with Gasteiger partial charge in [-0.15, -0.1) is 0 Å². The van der Waals surface area contributed by atoms with E-state index in [9.17, 15) is 43.2 Å². The van der Waals surface area contributed by atoms with Crippen LogP contribution in [0.25, 0.3) is 0 Å². The van der Waals surface area contributed by atoms with E-state index in [-0.39, 0.29) is 25.7 Å². The Hall–Kier alpha value is -1.94. The third-order valence-corrected chi connectivity index (χ3v) is 21.8. The fraction of sp³-hybridized carbons (Fsp3) is 0.952. The lowest BCUT2D eigenvalue weighted by molar-refractivity contribution is -0.161. The molecule has 0 rings (SSSR count). The topological polar surface area (TPSA) is 237 Å². The number of hydrogen-bond acceptors (Lipinski definition) is 15. The van der Waals surface area contributed by atoms with E-state index in [0.29, 0.717) is 25.7 Å². The van der Waals surface area contributed by atoms with Gasteiger partial charge >= 0.3 is 39.5 Å². The van der Waals surface area contributed by atoms with Gasteiger partial charge in [0.25, 0.3) is 0 Å². The zero-order valence-electron chi connectivity index (χ0n) is 67.3. The van der Waals surface area contributed by atoms with Gasteiger partial charge in [0.15, 0.2) is 12.2 Å². The quantitative estimate of drug-likeness (QED) is 0.0222. The minimum atomic E-state index is -4.96. The van der Waals surface area contributed by atoms with Gasteiger partial charge in [-0.1, -0.05) is 407 Å². The van der Waals surface area contributed by atoms with Crippen molar-refractivity contribution >= 4 is 39.5 Å². The van der Waals surface area contributed by atoms with E-state index < -0.39 is 97.5 Å². The van der Waals surface area contributed by atoms with Crippen LogP contribution in [0.4, 0.5) is 0 Å². The van der Waals surface area contributed by atoms with Crippen LogP contribution in [-0.2, 0) is 65.4 Å². The van der Waals surface area contributed by atoms with Crippen molar-refractivity contribution in [2.45, 2.75) is 476 Å². The molecule has 0 aliphatic heterocycles. The van der Waals surface area contributed by atoms with Gasteiger partial charge in [0.05, 0.1) is 26.4 Å². The molecule has 0 aliphatic rings. The first-order valence-electron chi connectivity index (χ1n) is 43.8. The SMILES string of the molecule is CCCCCCCCCCCCCCCCCCCCCCCCC(=O)O[C@H](COC(=O)CCCCCCCCCCCCCCCCCCCCCCC)COP(=O)(O)OC[C@@H](O)COP(=O)(O)OC[C@@H](COC(=O)CCCCCCCCCC)OC(=O)CCCCCCCCCCCCCC. The number of carbonyl (C=O) groups excluding carboxylic acids is 4. The number of phosphoric acid groups is 2. The zero-order chi connectivity index (χ0) is 75.3. The van der Waals surface area contributed by atoms with Crippen molar-refractivity contribution in [3.05, 3.63) is 0 Å². The summed E-state index contributed by atoms with van der Waals surface area (Å²) in [6, 6.07) is 0. The van der Waals surface area contributed by atoms with Gasteiger partial charge in [-0.2, -0.15) is 0 Å². The number of phosphoric ester groups is 2. The average Bonchev–Trinajstić information content (AvgIpc) is 0.978. The second-order valence-electron chi connectivity index (χ2n) is 30.2. The van der Waals surface area contributed by atoms with E-state index in [4.69, 9.17) is 37.0 Å². The Morgan fingerprint density at radius 3 is 0.573 bits per heavy atom. The molecule has 0 amide bonds. The summed E-state index contributed by atoms with van der Waals surface area (Å²) >= 11 is 0. The summed E-state index contributed by atoms with van der Waals surface area (Å²) in [6.45, 7) is 5.00. The molecule has 0 bridgehead atoms.